The highest BCUT2D eigenvalue weighted by Gasteiger charge is 2.17. The third-order valence-corrected chi connectivity index (χ3v) is 4.68. The van der Waals surface area contributed by atoms with Crippen molar-refractivity contribution in [2.75, 3.05) is 0 Å². The van der Waals surface area contributed by atoms with Gasteiger partial charge in [0.2, 0.25) is 6.33 Å². The third kappa shape index (κ3) is 3.17. The van der Waals surface area contributed by atoms with Crippen LogP contribution >= 0.6 is 0 Å². The average Bonchev–Trinajstić information content (AvgIpc) is 3.26. The molecule has 0 unspecified atom stereocenters. The van der Waals surface area contributed by atoms with Crippen molar-refractivity contribution in [2.45, 2.75) is 13.2 Å². The highest BCUT2D eigenvalue weighted by Crippen LogP contribution is 2.14. The summed E-state index contributed by atoms with van der Waals surface area (Å²) in [4.78, 5) is 0. The van der Waals surface area contributed by atoms with E-state index < -0.39 is 0 Å². The van der Waals surface area contributed by atoms with Gasteiger partial charge in [0, 0.05) is 0 Å². The molecule has 0 aliphatic heterocycles. The normalized spacial score (nSPS) is 11.0. The summed E-state index contributed by atoms with van der Waals surface area (Å²) in [5, 5.41) is 8.59. The molecular weight excluding hydrogens is 358 g/mol. The molecule has 0 N–H and O–H groups in total. The van der Waals surface area contributed by atoms with Gasteiger partial charge in [-0.1, -0.05) is 59.8 Å². The van der Waals surface area contributed by atoms with Gasteiger partial charge < -0.3 is 12.4 Å². The van der Waals surface area contributed by atoms with Crippen LogP contribution in [0.4, 0.5) is 0 Å². The summed E-state index contributed by atoms with van der Waals surface area (Å²) >= 11 is 0. The Morgan fingerprint density at radius 1 is 0.778 bits per heavy atom. The predicted molar refractivity (Wildman–Crippen MR) is 101 cm³/mol. The fourth-order valence-corrected chi connectivity index (χ4v) is 3.43. The number of benzene rings is 3. The Bertz CT molecular complexity index is 1190. The van der Waals surface area contributed by atoms with Gasteiger partial charge in [0.05, 0.1) is 5.52 Å². The van der Waals surface area contributed by atoms with E-state index in [0.29, 0.717) is 6.67 Å². The monoisotopic (exact) mass is 375 g/mol. The van der Waals surface area contributed by atoms with Gasteiger partial charge in [-0.05, 0) is 29.8 Å². The largest absolute Gasteiger partial charge is 1.00 e. The van der Waals surface area contributed by atoms with E-state index >= 15 is 0 Å². The summed E-state index contributed by atoms with van der Waals surface area (Å²) in [6, 6.07) is 27.0. The Balaban J connectivity index is 0.00000180. The quantitative estimate of drug-likeness (QED) is 0.422. The smallest absolute Gasteiger partial charge is 0.246 e. The average molecular weight is 376 g/mol. The van der Waals surface area contributed by atoms with Crippen LogP contribution in [0.2, 0.25) is 0 Å². The van der Waals surface area contributed by atoms with Gasteiger partial charge in [-0.2, -0.15) is 0 Å². The molecule has 0 aliphatic carbocycles. The minimum Gasteiger partial charge on any atom is -1.00 e. The Hall–Kier alpha value is -3.18. The van der Waals surface area contributed by atoms with Gasteiger partial charge in [-0.15, -0.1) is 5.10 Å². The first-order valence-corrected chi connectivity index (χ1v) is 8.68. The second kappa shape index (κ2) is 7.21. The maximum absolute atomic E-state index is 4.33. The molecule has 0 fully saturated rings. The van der Waals surface area contributed by atoms with Crippen molar-refractivity contribution >= 4 is 22.1 Å². The summed E-state index contributed by atoms with van der Waals surface area (Å²) in [5.41, 5.74) is 5.64. The van der Waals surface area contributed by atoms with Gasteiger partial charge >= 0.3 is 0 Å². The number of hydrogen-bond acceptors (Lipinski definition) is 2. The number of imidazole rings is 1. The summed E-state index contributed by atoms with van der Waals surface area (Å²) in [5.74, 6) is 0. The molecule has 0 aliphatic rings. The van der Waals surface area contributed by atoms with Crippen molar-refractivity contribution < 1.29 is 17.0 Å². The van der Waals surface area contributed by atoms with Crippen molar-refractivity contribution in [3.05, 3.63) is 90.8 Å². The van der Waals surface area contributed by atoms with E-state index in [0.717, 1.165) is 17.6 Å². The molecule has 0 radical (unpaired) electrons. The molecule has 2 aromatic heterocycles. The SMILES string of the molecule is [Cl-].c1ccc(Cn2c[n+](Cn3nnc4ccccc43)c3ccccc32)cc1. The van der Waals surface area contributed by atoms with Crippen LogP contribution in [0, 0.1) is 0 Å². The molecule has 2 heterocycles. The fourth-order valence-electron chi connectivity index (χ4n) is 3.43. The number of aromatic nitrogens is 5. The lowest BCUT2D eigenvalue weighted by Gasteiger charge is -1.99. The van der Waals surface area contributed by atoms with Crippen LogP contribution in [-0.4, -0.2) is 19.6 Å². The molecule has 0 saturated heterocycles. The van der Waals surface area contributed by atoms with Crippen molar-refractivity contribution in [3.8, 4) is 0 Å². The second-order valence-corrected chi connectivity index (χ2v) is 6.41. The van der Waals surface area contributed by atoms with Gasteiger partial charge in [0.1, 0.15) is 12.1 Å². The number of fused-ring (bicyclic) bond motifs is 2. The molecular formula is C21H18ClN5. The topological polar surface area (TPSA) is 39.5 Å². The zero-order valence-electron chi connectivity index (χ0n) is 14.6. The van der Waals surface area contributed by atoms with Gasteiger partial charge in [0.15, 0.2) is 17.7 Å². The van der Waals surface area contributed by atoms with Crippen molar-refractivity contribution in [1.82, 2.24) is 19.6 Å². The molecule has 0 atom stereocenters. The Labute approximate surface area is 162 Å². The highest BCUT2D eigenvalue weighted by atomic mass is 35.5. The Morgan fingerprint density at radius 3 is 2.33 bits per heavy atom. The fraction of sp³-hybridized carbons (Fsp3) is 0.0952. The molecule has 27 heavy (non-hydrogen) atoms. The van der Waals surface area contributed by atoms with Gasteiger partial charge in [-0.25, -0.2) is 13.8 Å². The van der Waals surface area contributed by atoms with Crippen LogP contribution in [0.5, 0.6) is 0 Å². The first kappa shape index (κ1) is 17.2. The lowest BCUT2D eigenvalue weighted by Crippen LogP contribution is -3.00. The standard InChI is InChI=1S/C21H18N5.ClH/c1-2-8-17(9-3-1)14-24-15-25(21-13-7-6-12-20(21)24)16-26-19-11-5-4-10-18(19)22-23-26;/h1-13,15H,14,16H2;1H/q+1;/p-1. The van der Waals surface area contributed by atoms with Crippen molar-refractivity contribution in [3.63, 3.8) is 0 Å². The van der Waals surface area contributed by atoms with Crippen molar-refractivity contribution in [2.24, 2.45) is 0 Å². The number of para-hydroxylation sites is 3. The Morgan fingerprint density at radius 2 is 1.48 bits per heavy atom. The zero-order valence-corrected chi connectivity index (χ0v) is 15.4. The van der Waals surface area contributed by atoms with E-state index in [1.807, 2.05) is 28.9 Å². The second-order valence-electron chi connectivity index (χ2n) is 6.41. The maximum atomic E-state index is 4.33. The molecule has 3 aromatic carbocycles. The van der Waals surface area contributed by atoms with E-state index in [-0.39, 0.29) is 12.4 Å². The lowest BCUT2D eigenvalue weighted by molar-refractivity contribution is -0.677. The maximum Gasteiger partial charge on any atom is 0.246 e. The molecule has 5 aromatic rings. The lowest BCUT2D eigenvalue weighted by atomic mass is 10.2. The molecule has 5 rings (SSSR count). The van der Waals surface area contributed by atoms with Crippen LogP contribution in [0.3, 0.4) is 0 Å². The first-order chi connectivity index (χ1) is 12.9. The van der Waals surface area contributed by atoms with E-state index in [9.17, 15) is 0 Å². The molecule has 0 spiro atoms. The summed E-state index contributed by atoms with van der Waals surface area (Å²) < 4.78 is 6.44. The van der Waals surface area contributed by atoms with Crippen LogP contribution in [0.15, 0.2) is 85.2 Å². The van der Waals surface area contributed by atoms with Crippen LogP contribution in [0.1, 0.15) is 5.56 Å². The number of rotatable bonds is 4. The minimum atomic E-state index is 0. The van der Waals surface area contributed by atoms with Crippen LogP contribution in [0.25, 0.3) is 22.1 Å². The summed E-state index contributed by atoms with van der Waals surface area (Å²) in [7, 11) is 0. The van der Waals surface area contributed by atoms with E-state index in [2.05, 4.69) is 80.4 Å². The molecule has 0 saturated carbocycles. The molecule has 134 valence electrons. The van der Waals surface area contributed by atoms with E-state index in [1.54, 1.807) is 0 Å². The molecule has 0 bridgehead atoms. The van der Waals surface area contributed by atoms with E-state index in [1.165, 1.54) is 16.6 Å². The minimum absolute atomic E-state index is 0. The molecule has 5 nitrogen and oxygen atoms in total. The van der Waals surface area contributed by atoms with Crippen LogP contribution < -0.4 is 17.0 Å². The number of nitrogens with zero attached hydrogens (tertiary/aromatic N) is 5. The van der Waals surface area contributed by atoms with Gasteiger partial charge in [-0.3, -0.25) is 0 Å². The van der Waals surface area contributed by atoms with E-state index in [4.69, 9.17) is 0 Å². The van der Waals surface area contributed by atoms with Crippen molar-refractivity contribution in [1.29, 1.82) is 0 Å². The third-order valence-electron chi connectivity index (χ3n) is 4.68. The molecule has 0 amide bonds. The highest BCUT2D eigenvalue weighted by molar-refractivity contribution is 5.74. The molecule has 6 heteroatoms. The number of halogens is 1. The summed E-state index contributed by atoms with van der Waals surface area (Å²) in [6.07, 6.45) is 2.16. The predicted octanol–water partition coefficient (Wildman–Crippen LogP) is 0.232. The van der Waals surface area contributed by atoms with Gasteiger partial charge in [0.25, 0.3) is 0 Å². The number of hydrogen-bond donors (Lipinski definition) is 0. The first-order valence-electron chi connectivity index (χ1n) is 8.68. The summed E-state index contributed by atoms with van der Waals surface area (Å²) in [6.45, 7) is 1.47. The zero-order chi connectivity index (χ0) is 17.3. The van der Waals surface area contributed by atoms with Crippen LogP contribution in [-0.2, 0) is 13.2 Å². The Kier molecular flexibility index (Phi) is 4.60.